The zero-order chi connectivity index (χ0) is 21.6. The monoisotopic (exact) mass is 434 g/mol. The molecular formula is C25H26N2O3S. The molecule has 2 aromatic rings. The fourth-order valence-corrected chi connectivity index (χ4v) is 4.98. The summed E-state index contributed by atoms with van der Waals surface area (Å²) in [6, 6.07) is 20.3. The number of carbonyl (C=O) groups is 2. The Hall–Kier alpha value is -2.86. The van der Waals surface area contributed by atoms with E-state index in [1.165, 1.54) is 24.4 Å². The summed E-state index contributed by atoms with van der Waals surface area (Å²) < 4.78 is 4.68. The van der Waals surface area contributed by atoms with Crippen LogP contribution >= 0.6 is 11.8 Å². The van der Waals surface area contributed by atoms with Gasteiger partial charge in [0.2, 0.25) is 0 Å². The fraction of sp³-hybridized carbons (Fsp3) is 0.320. The van der Waals surface area contributed by atoms with Crippen molar-refractivity contribution < 1.29 is 14.3 Å². The summed E-state index contributed by atoms with van der Waals surface area (Å²) >= 11 is 1.27. The van der Waals surface area contributed by atoms with Crippen LogP contribution in [0.5, 0.6) is 0 Å². The molecule has 5 nitrogen and oxygen atoms in total. The minimum absolute atomic E-state index is 0.0799. The van der Waals surface area contributed by atoms with Gasteiger partial charge in [-0.25, -0.2) is 5.01 Å². The zero-order valence-corrected chi connectivity index (χ0v) is 18.4. The lowest BCUT2D eigenvalue weighted by atomic mass is 9.77. The molecule has 0 aromatic heterocycles. The first-order valence-electron chi connectivity index (χ1n) is 10.5. The van der Waals surface area contributed by atoms with Gasteiger partial charge < -0.3 is 4.74 Å². The molecular weight excluding hydrogens is 408 g/mol. The molecule has 1 heterocycles. The normalized spacial score (nSPS) is 21.5. The van der Waals surface area contributed by atoms with Gasteiger partial charge in [-0.1, -0.05) is 60.7 Å². The Balaban J connectivity index is 1.63. The minimum atomic E-state index is -0.327. The van der Waals surface area contributed by atoms with Gasteiger partial charge in [-0.3, -0.25) is 9.59 Å². The highest BCUT2D eigenvalue weighted by molar-refractivity contribution is 8.00. The van der Waals surface area contributed by atoms with E-state index in [1.54, 1.807) is 5.01 Å². The van der Waals surface area contributed by atoms with Crippen molar-refractivity contribution in [3.63, 3.8) is 0 Å². The Kier molecular flexibility index (Phi) is 6.87. The van der Waals surface area contributed by atoms with Crippen LogP contribution in [0.15, 0.2) is 71.3 Å². The highest BCUT2D eigenvalue weighted by atomic mass is 32.2. The van der Waals surface area contributed by atoms with E-state index >= 15 is 0 Å². The molecule has 31 heavy (non-hydrogen) atoms. The van der Waals surface area contributed by atoms with Crippen LogP contribution in [0, 0.1) is 5.92 Å². The maximum atomic E-state index is 13.1. The van der Waals surface area contributed by atoms with Crippen molar-refractivity contribution in [1.82, 2.24) is 5.01 Å². The minimum Gasteiger partial charge on any atom is -0.468 e. The molecule has 160 valence electrons. The summed E-state index contributed by atoms with van der Waals surface area (Å²) in [5, 5.41) is 6.52. The zero-order valence-electron chi connectivity index (χ0n) is 17.6. The van der Waals surface area contributed by atoms with Crippen LogP contribution in [-0.2, 0) is 14.3 Å². The van der Waals surface area contributed by atoms with Crippen molar-refractivity contribution in [3.8, 4) is 0 Å². The molecule has 1 aliphatic heterocycles. The number of carbonyl (C=O) groups excluding carboxylic acids is 2. The van der Waals surface area contributed by atoms with Crippen molar-refractivity contribution in [3.05, 3.63) is 77.4 Å². The molecule has 1 fully saturated rings. The second kappa shape index (κ2) is 9.96. The molecule has 1 aliphatic carbocycles. The summed E-state index contributed by atoms with van der Waals surface area (Å²) in [4.78, 5) is 24.6. The number of hydrogen-bond donors (Lipinski definition) is 0. The molecule has 2 aliphatic rings. The van der Waals surface area contributed by atoms with E-state index in [-0.39, 0.29) is 35.3 Å². The Morgan fingerprint density at radius 1 is 1.10 bits per heavy atom. The molecule has 6 heteroatoms. The Labute approximate surface area is 187 Å². The van der Waals surface area contributed by atoms with Crippen molar-refractivity contribution in [2.45, 2.75) is 25.3 Å². The smallest absolute Gasteiger partial charge is 0.315 e. The predicted octanol–water partition coefficient (Wildman–Crippen LogP) is 4.72. The molecule has 1 saturated carbocycles. The summed E-state index contributed by atoms with van der Waals surface area (Å²) in [7, 11) is 1.36. The predicted molar refractivity (Wildman–Crippen MR) is 125 cm³/mol. The van der Waals surface area contributed by atoms with E-state index < -0.39 is 0 Å². The quantitative estimate of drug-likeness (QED) is 0.618. The van der Waals surface area contributed by atoms with Gasteiger partial charge in [0.15, 0.2) is 0 Å². The average Bonchev–Trinajstić information content (AvgIpc) is 3.21. The SMILES string of the molecule is COC(=O)CSCC(=O)N1N=C2/C(=C/c3ccccc3)CCCC2C1c1ccccc1. The number of fused-ring (bicyclic) bond motifs is 1. The summed E-state index contributed by atoms with van der Waals surface area (Å²) in [5.74, 6) is 0.126. The molecule has 2 aromatic carbocycles. The third kappa shape index (κ3) is 4.90. The first-order chi connectivity index (χ1) is 15.2. The van der Waals surface area contributed by atoms with Crippen LogP contribution < -0.4 is 0 Å². The third-order valence-corrected chi connectivity index (χ3v) is 6.60. The first kappa shape index (κ1) is 21.4. The first-order valence-corrected chi connectivity index (χ1v) is 11.7. The standard InChI is InChI=1S/C25H26N2O3S/c1-30-23(29)17-31-16-22(28)27-25(19-11-6-3-7-12-19)21-14-8-13-20(24(21)26-27)15-18-9-4-2-5-10-18/h2-7,9-12,15,21,25H,8,13-14,16-17H2,1H3/b20-15+. The molecule has 0 bridgehead atoms. The van der Waals surface area contributed by atoms with Gasteiger partial charge in [0.25, 0.3) is 5.91 Å². The van der Waals surface area contributed by atoms with Gasteiger partial charge in [0.1, 0.15) is 0 Å². The van der Waals surface area contributed by atoms with Crippen molar-refractivity contribution in [1.29, 1.82) is 0 Å². The molecule has 0 saturated heterocycles. The number of benzene rings is 2. The van der Waals surface area contributed by atoms with Crippen molar-refractivity contribution >= 4 is 35.4 Å². The van der Waals surface area contributed by atoms with Gasteiger partial charge >= 0.3 is 5.97 Å². The highest BCUT2D eigenvalue weighted by Gasteiger charge is 2.43. The number of allylic oxidation sites excluding steroid dienone is 1. The highest BCUT2D eigenvalue weighted by Crippen LogP contribution is 2.44. The van der Waals surface area contributed by atoms with Crippen molar-refractivity contribution in [2.24, 2.45) is 11.0 Å². The van der Waals surface area contributed by atoms with E-state index in [4.69, 9.17) is 5.10 Å². The van der Waals surface area contributed by atoms with Gasteiger partial charge in [-0.15, -0.1) is 11.8 Å². The van der Waals surface area contributed by atoms with Gasteiger partial charge in [-0.05, 0) is 42.0 Å². The van der Waals surface area contributed by atoms with Crippen LogP contribution in [0.3, 0.4) is 0 Å². The number of methoxy groups -OCH3 is 1. The number of nitrogens with zero attached hydrogens (tertiary/aromatic N) is 2. The molecule has 0 radical (unpaired) electrons. The number of esters is 1. The van der Waals surface area contributed by atoms with Crippen LogP contribution in [0.1, 0.15) is 36.4 Å². The molecule has 0 spiro atoms. The van der Waals surface area contributed by atoms with E-state index in [0.29, 0.717) is 0 Å². The van der Waals surface area contributed by atoms with E-state index in [9.17, 15) is 9.59 Å². The summed E-state index contributed by atoms with van der Waals surface area (Å²) in [5.41, 5.74) is 4.48. The molecule has 2 unspecified atom stereocenters. The maximum absolute atomic E-state index is 13.1. The number of amides is 1. The van der Waals surface area contributed by atoms with Gasteiger partial charge in [0.05, 0.1) is 30.4 Å². The van der Waals surface area contributed by atoms with E-state index in [2.05, 4.69) is 35.1 Å². The maximum Gasteiger partial charge on any atom is 0.315 e. The second-order valence-corrected chi connectivity index (χ2v) is 8.71. The van der Waals surface area contributed by atoms with Crippen LogP contribution in [0.2, 0.25) is 0 Å². The molecule has 1 amide bonds. The summed E-state index contributed by atoms with van der Waals surface area (Å²) in [6.45, 7) is 0. The Morgan fingerprint density at radius 3 is 2.52 bits per heavy atom. The molecule has 4 rings (SSSR count). The topological polar surface area (TPSA) is 59.0 Å². The Bertz CT molecular complexity index is 988. The summed E-state index contributed by atoms with van der Waals surface area (Å²) in [6.07, 6.45) is 5.24. The number of hydrazone groups is 1. The van der Waals surface area contributed by atoms with Crippen LogP contribution in [0.25, 0.3) is 6.08 Å². The molecule has 0 N–H and O–H groups in total. The van der Waals surface area contributed by atoms with Gasteiger partial charge in [0, 0.05) is 5.92 Å². The second-order valence-electron chi connectivity index (χ2n) is 7.73. The fourth-order valence-electron chi connectivity index (χ4n) is 4.29. The average molecular weight is 435 g/mol. The lowest BCUT2D eigenvalue weighted by Crippen LogP contribution is -2.33. The van der Waals surface area contributed by atoms with E-state index in [1.807, 2.05) is 36.4 Å². The van der Waals surface area contributed by atoms with Crippen LogP contribution in [0.4, 0.5) is 0 Å². The van der Waals surface area contributed by atoms with Gasteiger partial charge in [-0.2, -0.15) is 5.10 Å². The molecule has 2 atom stereocenters. The number of ether oxygens (including phenoxy) is 1. The third-order valence-electron chi connectivity index (χ3n) is 5.71. The van der Waals surface area contributed by atoms with Crippen molar-refractivity contribution in [2.75, 3.05) is 18.6 Å². The lowest BCUT2D eigenvalue weighted by Gasteiger charge is -2.29. The number of hydrogen-bond acceptors (Lipinski definition) is 5. The number of thioether (sulfide) groups is 1. The Morgan fingerprint density at radius 2 is 1.81 bits per heavy atom. The number of rotatable bonds is 6. The lowest BCUT2D eigenvalue weighted by molar-refractivity contribution is -0.137. The van der Waals surface area contributed by atoms with E-state index in [0.717, 1.165) is 36.1 Å². The van der Waals surface area contributed by atoms with Crippen LogP contribution in [-0.4, -0.2) is 41.2 Å². The largest absolute Gasteiger partial charge is 0.468 e.